The van der Waals surface area contributed by atoms with Gasteiger partial charge in [0.2, 0.25) is 17.7 Å². The minimum Gasteiger partial charge on any atom is -0.481 e. The minimum atomic E-state index is -1.84. The zero-order valence-electron chi connectivity index (χ0n) is 14.7. The second-order valence-electron chi connectivity index (χ2n) is 5.69. The van der Waals surface area contributed by atoms with Crippen LogP contribution in [-0.2, 0) is 28.8 Å². The Morgan fingerprint density at radius 1 is 0.786 bits per heavy atom. The average Bonchev–Trinajstić information content (AvgIpc) is 2.56. The number of carbonyl (C=O) groups excluding carboxylic acids is 3. The molecule has 0 aliphatic heterocycles. The van der Waals surface area contributed by atoms with E-state index in [1.165, 1.54) is 6.92 Å². The molecule has 0 bridgehead atoms. The van der Waals surface area contributed by atoms with Crippen LogP contribution in [0.25, 0.3) is 0 Å². The molecule has 0 aliphatic carbocycles. The first kappa shape index (κ1) is 25.1. The van der Waals surface area contributed by atoms with E-state index in [1.54, 1.807) is 0 Å². The predicted molar refractivity (Wildman–Crippen MR) is 95.4 cm³/mol. The molecule has 0 aromatic carbocycles. The van der Waals surface area contributed by atoms with Crippen LogP contribution in [0.1, 0.15) is 19.8 Å². The van der Waals surface area contributed by atoms with Crippen LogP contribution >= 0.6 is 12.6 Å². The van der Waals surface area contributed by atoms with Gasteiger partial charge in [0.1, 0.15) is 18.1 Å². The van der Waals surface area contributed by atoms with Crippen molar-refractivity contribution < 1.29 is 44.1 Å². The Morgan fingerprint density at radius 3 is 1.57 bits per heavy atom. The normalized spacial score (nSPS) is 14.7. The van der Waals surface area contributed by atoms with Crippen LogP contribution in [0.3, 0.4) is 0 Å². The van der Waals surface area contributed by atoms with Crippen molar-refractivity contribution in [2.45, 2.75) is 43.9 Å². The lowest BCUT2D eigenvalue weighted by molar-refractivity contribution is -0.148. The number of thiol groups is 1. The van der Waals surface area contributed by atoms with Gasteiger partial charge in [0.15, 0.2) is 0 Å². The largest absolute Gasteiger partial charge is 0.481 e. The summed E-state index contributed by atoms with van der Waals surface area (Å²) in [7, 11) is 0. The highest BCUT2D eigenvalue weighted by molar-refractivity contribution is 7.80. The molecule has 158 valence electrons. The van der Waals surface area contributed by atoms with Gasteiger partial charge in [-0.2, -0.15) is 12.6 Å². The number of rotatable bonds is 12. The molecule has 14 heteroatoms. The van der Waals surface area contributed by atoms with Gasteiger partial charge in [-0.3, -0.25) is 24.0 Å². The molecule has 0 aliphatic rings. The van der Waals surface area contributed by atoms with Gasteiger partial charge in [0.25, 0.3) is 0 Å². The number of nitrogens with one attached hydrogen (secondary N) is 3. The van der Waals surface area contributed by atoms with E-state index in [4.69, 9.17) is 21.1 Å². The molecular weight excluding hydrogens is 400 g/mol. The van der Waals surface area contributed by atoms with E-state index in [9.17, 15) is 28.8 Å². The molecule has 0 aromatic rings. The van der Waals surface area contributed by atoms with E-state index >= 15 is 0 Å². The van der Waals surface area contributed by atoms with E-state index in [0.29, 0.717) is 0 Å². The van der Waals surface area contributed by atoms with Gasteiger partial charge in [-0.15, -0.1) is 0 Å². The second-order valence-corrected chi connectivity index (χ2v) is 6.05. The fourth-order valence-corrected chi connectivity index (χ4v) is 2.06. The zero-order valence-corrected chi connectivity index (χ0v) is 15.6. The van der Waals surface area contributed by atoms with Crippen molar-refractivity contribution in [1.82, 2.24) is 16.0 Å². The highest BCUT2D eigenvalue weighted by Crippen LogP contribution is 2.00. The first-order chi connectivity index (χ1) is 12.9. The smallest absolute Gasteiger partial charge is 0.326 e. The summed E-state index contributed by atoms with van der Waals surface area (Å²) in [6.07, 6.45) is -1.88. The number of hydrogen-bond donors (Lipinski definition) is 8. The number of hydrogen-bond acceptors (Lipinski definition) is 8. The van der Waals surface area contributed by atoms with E-state index in [1.807, 2.05) is 5.32 Å². The lowest BCUT2D eigenvalue weighted by atomic mass is 10.1. The monoisotopic (exact) mass is 422 g/mol. The molecular formula is C14H22N4O9S. The highest BCUT2D eigenvalue weighted by atomic mass is 32.1. The Bertz CT molecular complexity index is 640. The van der Waals surface area contributed by atoms with Crippen LogP contribution in [0.5, 0.6) is 0 Å². The van der Waals surface area contributed by atoms with E-state index in [0.717, 1.165) is 0 Å². The van der Waals surface area contributed by atoms with Crippen LogP contribution < -0.4 is 21.7 Å². The molecule has 8 N–H and O–H groups in total. The quantitative estimate of drug-likeness (QED) is 0.147. The number of carboxylic acids is 3. The SMILES string of the molecule is CC(N)C(=O)NC(CS)C(=O)NC(CC(=O)O)C(=O)NC(CC(=O)O)C(=O)O. The number of carboxylic acid groups (broad SMARTS) is 3. The first-order valence-corrected chi connectivity index (χ1v) is 8.46. The number of carbonyl (C=O) groups is 6. The zero-order chi connectivity index (χ0) is 22.0. The van der Waals surface area contributed by atoms with Gasteiger partial charge in [-0.1, -0.05) is 0 Å². The van der Waals surface area contributed by atoms with Gasteiger partial charge < -0.3 is 37.0 Å². The average molecular weight is 422 g/mol. The van der Waals surface area contributed by atoms with Crippen LogP contribution in [0.4, 0.5) is 0 Å². The summed E-state index contributed by atoms with van der Waals surface area (Å²) in [6, 6.07) is -5.76. The van der Waals surface area contributed by atoms with Gasteiger partial charge in [0, 0.05) is 5.75 Å². The van der Waals surface area contributed by atoms with E-state index in [-0.39, 0.29) is 5.75 Å². The Balaban J connectivity index is 5.28. The van der Waals surface area contributed by atoms with Crippen LogP contribution in [0, 0.1) is 0 Å². The van der Waals surface area contributed by atoms with Crippen molar-refractivity contribution in [2.24, 2.45) is 5.73 Å². The lowest BCUT2D eigenvalue weighted by Crippen LogP contribution is -2.58. The maximum Gasteiger partial charge on any atom is 0.326 e. The molecule has 4 atom stereocenters. The Morgan fingerprint density at radius 2 is 1.18 bits per heavy atom. The molecule has 3 amide bonds. The number of amides is 3. The van der Waals surface area contributed by atoms with Crippen LogP contribution in [0.15, 0.2) is 0 Å². The van der Waals surface area contributed by atoms with Crippen LogP contribution in [0.2, 0.25) is 0 Å². The Kier molecular flexibility index (Phi) is 10.6. The maximum atomic E-state index is 12.2. The second kappa shape index (κ2) is 11.8. The first-order valence-electron chi connectivity index (χ1n) is 7.83. The number of nitrogens with two attached hydrogens (primary N) is 1. The molecule has 28 heavy (non-hydrogen) atoms. The van der Waals surface area contributed by atoms with Crippen molar-refractivity contribution in [3.8, 4) is 0 Å². The number of aliphatic carboxylic acids is 3. The van der Waals surface area contributed by atoms with Crippen molar-refractivity contribution in [3.63, 3.8) is 0 Å². The summed E-state index contributed by atoms with van der Waals surface area (Å²) in [5.41, 5.74) is 5.36. The van der Waals surface area contributed by atoms with Crippen molar-refractivity contribution in [3.05, 3.63) is 0 Å². The fourth-order valence-electron chi connectivity index (χ4n) is 1.80. The van der Waals surface area contributed by atoms with E-state index in [2.05, 4.69) is 23.3 Å². The maximum absolute atomic E-state index is 12.2. The highest BCUT2D eigenvalue weighted by Gasteiger charge is 2.31. The van der Waals surface area contributed by atoms with E-state index < -0.39 is 72.6 Å². The third kappa shape index (κ3) is 9.18. The summed E-state index contributed by atoms with van der Waals surface area (Å²) >= 11 is 3.89. The van der Waals surface area contributed by atoms with Crippen molar-refractivity contribution in [2.75, 3.05) is 5.75 Å². The molecule has 0 heterocycles. The summed E-state index contributed by atoms with van der Waals surface area (Å²) in [4.78, 5) is 68.7. The molecule has 4 unspecified atom stereocenters. The summed E-state index contributed by atoms with van der Waals surface area (Å²) in [5.74, 6) is -7.75. The predicted octanol–water partition coefficient (Wildman–Crippen LogP) is -3.25. The lowest BCUT2D eigenvalue weighted by Gasteiger charge is -2.23. The van der Waals surface area contributed by atoms with Crippen molar-refractivity contribution in [1.29, 1.82) is 0 Å². The van der Waals surface area contributed by atoms with Gasteiger partial charge in [0.05, 0.1) is 18.9 Å². The summed E-state index contributed by atoms with van der Waals surface area (Å²) in [6.45, 7) is 1.36. The third-order valence-corrected chi connectivity index (χ3v) is 3.60. The fraction of sp³-hybridized carbons (Fsp3) is 0.571. The molecule has 0 radical (unpaired) electrons. The molecule has 13 nitrogen and oxygen atoms in total. The van der Waals surface area contributed by atoms with Gasteiger partial charge in [-0.05, 0) is 6.92 Å². The molecule has 0 rings (SSSR count). The van der Waals surface area contributed by atoms with Crippen molar-refractivity contribution >= 4 is 48.3 Å². The van der Waals surface area contributed by atoms with Gasteiger partial charge in [-0.25, -0.2) is 4.79 Å². The van der Waals surface area contributed by atoms with Gasteiger partial charge >= 0.3 is 17.9 Å². The topological polar surface area (TPSA) is 225 Å². The van der Waals surface area contributed by atoms with Crippen LogP contribution in [-0.4, -0.2) is 80.9 Å². The molecule has 0 fully saturated rings. The standard InChI is InChI=1S/C14H22N4O9S/c1-5(15)11(23)18-8(4-28)13(25)16-6(2-9(19)20)12(24)17-7(14(26)27)3-10(21)22/h5-8,28H,2-4,15H2,1H3,(H,16,25)(H,17,24)(H,18,23)(H,19,20)(H,21,22)(H,26,27). The minimum absolute atomic E-state index is 0.206. The Labute approximate surface area is 164 Å². The molecule has 0 saturated carbocycles. The third-order valence-electron chi connectivity index (χ3n) is 3.23. The Hall–Kier alpha value is -2.87. The molecule has 0 saturated heterocycles. The molecule has 0 aromatic heterocycles. The summed E-state index contributed by atoms with van der Waals surface area (Å²) in [5, 5.41) is 32.7. The summed E-state index contributed by atoms with van der Waals surface area (Å²) < 4.78 is 0. The molecule has 0 spiro atoms.